The lowest BCUT2D eigenvalue weighted by Crippen LogP contribution is -2.45. The van der Waals surface area contributed by atoms with Gasteiger partial charge in [0.25, 0.3) is 0 Å². The van der Waals surface area contributed by atoms with Crippen molar-refractivity contribution >= 4 is 17.5 Å². The molecule has 27 heavy (non-hydrogen) atoms. The number of benzene rings is 1. The van der Waals surface area contributed by atoms with Crippen LogP contribution in [-0.2, 0) is 16.1 Å². The van der Waals surface area contributed by atoms with Gasteiger partial charge in [-0.3, -0.25) is 9.59 Å². The Morgan fingerprint density at radius 2 is 1.93 bits per heavy atom. The number of carbonyl (C=O) groups is 2. The third-order valence-corrected chi connectivity index (χ3v) is 4.84. The fraction of sp³-hybridized carbons (Fsp3) is 0.474. The van der Waals surface area contributed by atoms with Gasteiger partial charge in [-0.1, -0.05) is 13.8 Å². The minimum Gasteiger partial charge on any atom is -0.497 e. The van der Waals surface area contributed by atoms with Crippen LogP contribution in [-0.4, -0.2) is 46.5 Å². The fourth-order valence-corrected chi connectivity index (χ4v) is 3.13. The molecule has 2 unspecified atom stereocenters. The second kappa shape index (κ2) is 8.20. The number of aromatic nitrogens is 3. The molecular weight excluding hydrogens is 346 g/mol. The molecular formula is C19H25N5O3. The lowest BCUT2D eigenvalue weighted by molar-refractivity contribution is -0.127. The molecule has 1 N–H and O–H groups in total. The molecule has 1 aliphatic heterocycles. The average Bonchev–Trinajstić information content (AvgIpc) is 3.30. The Morgan fingerprint density at radius 1 is 1.26 bits per heavy atom. The smallest absolute Gasteiger partial charge is 0.227 e. The highest BCUT2D eigenvalue weighted by molar-refractivity contribution is 6.00. The molecule has 1 aliphatic rings. The Morgan fingerprint density at radius 3 is 2.52 bits per heavy atom. The Labute approximate surface area is 158 Å². The van der Waals surface area contributed by atoms with Crippen LogP contribution in [0.3, 0.4) is 0 Å². The van der Waals surface area contributed by atoms with E-state index in [1.165, 1.54) is 0 Å². The zero-order chi connectivity index (χ0) is 19.4. The van der Waals surface area contributed by atoms with E-state index in [2.05, 4.69) is 15.5 Å². The highest BCUT2D eigenvalue weighted by Crippen LogP contribution is 2.27. The highest BCUT2D eigenvalue weighted by atomic mass is 16.5. The Balaban J connectivity index is 1.63. The van der Waals surface area contributed by atoms with Crippen LogP contribution in [0.1, 0.15) is 20.3 Å². The quantitative estimate of drug-likeness (QED) is 0.796. The monoisotopic (exact) mass is 371 g/mol. The molecule has 2 amide bonds. The maximum absolute atomic E-state index is 12.8. The molecule has 8 heteroatoms. The van der Waals surface area contributed by atoms with Crippen molar-refractivity contribution in [2.24, 2.45) is 11.8 Å². The summed E-state index contributed by atoms with van der Waals surface area (Å²) < 4.78 is 5.15. The van der Waals surface area contributed by atoms with Crippen molar-refractivity contribution in [3.8, 4) is 5.75 Å². The van der Waals surface area contributed by atoms with Crippen molar-refractivity contribution in [1.29, 1.82) is 0 Å². The number of amides is 2. The molecule has 1 saturated heterocycles. The van der Waals surface area contributed by atoms with E-state index < -0.39 is 0 Å². The molecule has 8 nitrogen and oxygen atoms in total. The van der Waals surface area contributed by atoms with Gasteiger partial charge in [-0.2, -0.15) is 15.0 Å². The third-order valence-electron chi connectivity index (χ3n) is 4.84. The first-order valence-corrected chi connectivity index (χ1v) is 9.07. The van der Waals surface area contributed by atoms with Crippen LogP contribution in [0.15, 0.2) is 36.7 Å². The molecule has 2 atom stereocenters. The van der Waals surface area contributed by atoms with E-state index in [0.29, 0.717) is 13.1 Å². The molecule has 1 fully saturated rings. The minimum absolute atomic E-state index is 0.0462. The molecule has 0 spiro atoms. The number of hydrogen-bond acceptors (Lipinski definition) is 5. The second-order valence-electron chi connectivity index (χ2n) is 7.05. The van der Waals surface area contributed by atoms with Crippen molar-refractivity contribution in [3.63, 3.8) is 0 Å². The van der Waals surface area contributed by atoms with Gasteiger partial charge >= 0.3 is 0 Å². The number of hydrogen-bond donors (Lipinski definition) is 1. The summed E-state index contributed by atoms with van der Waals surface area (Å²) in [6.07, 6.45) is 3.44. The van der Waals surface area contributed by atoms with Crippen LogP contribution < -0.4 is 15.0 Å². The number of anilines is 1. The zero-order valence-electron chi connectivity index (χ0n) is 15.8. The summed E-state index contributed by atoms with van der Waals surface area (Å²) in [7, 11) is 1.60. The SMILES string of the molecule is COc1ccc(N2CC(C(=O)NC(Cn3nccn3)C(C)C)CC2=O)cc1. The maximum atomic E-state index is 12.8. The Bertz CT molecular complexity index is 773. The summed E-state index contributed by atoms with van der Waals surface area (Å²) in [6.45, 7) is 4.96. The summed E-state index contributed by atoms with van der Waals surface area (Å²) in [5.41, 5.74) is 0.775. The van der Waals surface area contributed by atoms with Gasteiger partial charge in [0.1, 0.15) is 5.75 Å². The van der Waals surface area contributed by atoms with Gasteiger partial charge in [0.05, 0.1) is 38.0 Å². The first-order chi connectivity index (χ1) is 13.0. The molecule has 144 valence electrons. The number of nitrogens with zero attached hydrogens (tertiary/aromatic N) is 4. The van der Waals surface area contributed by atoms with Crippen LogP contribution in [0, 0.1) is 11.8 Å². The van der Waals surface area contributed by atoms with E-state index in [1.807, 2.05) is 38.1 Å². The van der Waals surface area contributed by atoms with Crippen molar-refractivity contribution in [2.45, 2.75) is 32.9 Å². The number of carbonyl (C=O) groups excluding carboxylic acids is 2. The molecule has 3 rings (SSSR count). The van der Waals surface area contributed by atoms with E-state index in [0.717, 1.165) is 11.4 Å². The van der Waals surface area contributed by atoms with Gasteiger partial charge in [0, 0.05) is 18.7 Å². The van der Waals surface area contributed by atoms with Crippen LogP contribution in [0.4, 0.5) is 5.69 Å². The van der Waals surface area contributed by atoms with E-state index in [-0.39, 0.29) is 36.1 Å². The molecule has 0 bridgehead atoms. The summed E-state index contributed by atoms with van der Waals surface area (Å²) in [4.78, 5) is 28.4. The van der Waals surface area contributed by atoms with Crippen LogP contribution in [0.2, 0.25) is 0 Å². The Hall–Kier alpha value is -2.90. The number of ether oxygens (including phenoxy) is 1. The van der Waals surface area contributed by atoms with Crippen LogP contribution in [0.5, 0.6) is 5.75 Å². The summed E-state index contributed by atoms with van der Waals surface area (Å²) in [5.74, 6) is 0.424. The largest absolute Gasteiger partial charge is 0.497 e. The predicted molar refractivity (Wildman–Crippen MR) is 100 cm³/mol. The van der Waals surface area contributed by atoms with E-state index >= 15 is 0 Å². The normalized spacial score (nSPS) is 18.0. The van der Waals surface area contributed by atoms with Crippen LogP contribution >= 0.6 is 0 Å². The van der Waals surface area contributed by atoms with Gasteiger partial charge in [0.2, 0.25) is 11.8 Å². The van der Waals surface area contributed by atoms with Crippen molar-refractivity contribution in [2.75, 3.05) is 18.6 Å². The first kappa shape index (κ1) is 18.9. The highest BCUT2D eigenvalue weighted by Gasteiger charge is 2.36. The van der Waals surface area contributed by atoms with Crippen LogP contribution in [0.25, 0.3) is 0 Å². The van der Waals surface area contributed by atoms with Gasteiger partial charge in [0.15, 0.2) is 0 Å². The zero-order valence-corrected chi connectivity index (χ0v) is 15.8. The molecule has 1 aromatic heterocycles. The maximum Gasteiger partial charge on any atom is 0.227 e. The fourth-order valence-electron chi connectivity index (χ4n) is 3.13. The number of methoxy groups -OCH3 is 1. The predicted octanol–water partition coefficient (Wildman–Crippen LogP) is 1.48. The molecule has 2 aromatic rings. The number of nitrogens with one attached hydrogen (secondary N) is 1. The van der Waals surface area contributed by atoms with Crippen molar-refractivity contribution < 1.29 is 14.3 Å². The lowest BCUT2D eigenvalue weighted by atomic mass is 10.0. The topological polar surface area (TPSA) is 89.3 Å². The van der Waals surface area contributed by atoms with E-state index in [4.69, 9.17) is 4.74 Å². The standard InChI is InChI=1S/C19H25N5O3/c1-13(2)17(12-24-20-8-9-21-24)22-19(26)14-10-18(25)23(11-14)15-4-6-16(27-3)7-5-15/h4-9,13-14,17H,10-12H2,1-3H3,(H,22,26). The van der Waals surface area contributed by atoms with Crippen molar-refractivity contribution in [1.82, 2.24) is 20.3 Å². The van der Waals surface area contributed by atoms with Gasteiger partial charge in [-0.15, -0.1) is 0 Å². The summed E-state index contributed by atoms with van der Waals surface area (Å²) in [6, 6.07) is 7.17. The first-order valence-electron chi connectivity index (χ1n) is 9.07. The van der Waals surface area contributed by atoms with Gasteiger partial charge in [-0.25, -0.2) is 0 Å². The molecule has 0 aliphatic carbocycles. The molecule has 0 radical (unpaired) electrons. The minimum atomic E-state index is -0.369. The molecule has 1 aromatic carbocycles. The lowest BCUT2D eigenvalue weighted by Gasteiger charge is -2.23. The molecule has 2 heterocycles. The Kier molecular flexibility index (Phi) is 5.73. The van der Waals surface area contributed by atoms with Gasteiger partial charge in [-0.05, 0) is 30.2 Å². The number of rotatable bonds is 7. The average molecular weight is 371 g/mol. The van der Waals surface area contributed by atoms with E-state index in [1.54, 1.807) is 29.2 Å². The third kappa shape index (κ3) is 4.45. The second-order valence-corrected chi connectivity index (χ2v) is 7.05. The summed E-state index contributed by atoms with van der Waals surface area (Å²) >= 11 is 0. The molecule has 0 saturated carbocycles. The summed E-state index contributed by atoms with van der Waals surface area (Å²) in [5, 5.41) is 11.3. The van der Waals surface area contributed by atoms with Crippen molar-refractivity contribution in [3.05, 3.63) is 36.7 Å². The van der Waals surface area contributed by atoms with Gasteiger partial charge < -0.3 is 15.0 Å². The van der Waals surface area contributed by atoms with E-state index in [9.17, 15) is 9.59 Å².